The Balaban J connectivity index is 2.00. The van der Waals surface area contributed by atoms with Crippen LogP contribution < -0.4 is 10.1 Å². The number of hydrogen-bond acceptors (Lipinski definition) is 3. The third kappa shape index (κ3) is 2.47. The van der Waals surface area contributed by atoms with Crippen LogP contribution in [-0.2, 0) is 0 Å². The van der Waals surface area contributed by atoms with Gasteiger partial charge in [0.15, 0.2) is 0 Å². The predicted molar refractivity (Wildman–Crippen MR) is 55.3 cm³/mol. The van der Waals surface area contributed by atoms with Crippen LogP contribution in [0.5, 0.6) is 5.75 Å². The number of ether oxygens (including phenoxy) is 1. The monoisotopic (exact) mass is 207 g/mol. The van der Waals surface area contributed by atoms with E-state index in [0.717, 1.165) is 25.3 Å². The number of rotatable bonds is 3. The minimum Gasteiger partial charge on any atom is -0.489 e. The first-order valence-electron chi connectivity index (χ1n) is 4.96. The fourth-order valence-electron chi connectivity index (χ4n) is 1.60. The normalized spacial score (nSPS) is 20.1. The van der Waals surface area contributed by atoms with Crippen LogP contribution in [0.1, 0.15) is 16.8 Å². The van der Waals surface area contributed by atoms with E-state index < -0.39 is 5.97 Å². The van der Waals surface area contributed by atoms with Crippen LogP contribution >= 0.6 is 0 Å². The van der Waals surface area contributed by atoms with Gasteiger partial charge in [-0.05, 0) is 37.2 Å². The van der Waals surface area contributed by atoms with Gasteiger partial charge < -0.3 is 15.2 Å². The Morgan fingerprint density at radius 1 is 1.40 bits per heavy atom. The van der Waals surface area contributed by atoms with Gasteiger partial charge in [-0.15, -0.1) is 0 Å². The Hall–Kier alpha value is -1.55. The largest absolute Gasteiger partial charge is 0.489 e. The third-order valence-corrected chi connectivity index (χ3v) is 2.42. The van der Waals surface area contributed by atoms with Gasteiger partial charge in [-0.1, -0.05) is 0 Å². The Morgan fingerprint density at radius 3 is 2.67 bits per heavy atom. The molecular formula is C11H13NO3. The number of carbonyl (C=O) groups is 1. The number of hydrogen-bond donors (Lipinski definition) is 2. The van der Waals surface area contributed by atoms with Crippen LogP contribution in [0.15, 0.2) is 24.3 Å². The smallest absolute Gasteiger partial charge is 0.335 e. The van der Waals surface area contributed by atoms with Crippen molar-refractivity contribution in [3.05, 3.63) is 29.8 Å². The molecule has 2 rings (SSSR count). The molecule has 4 heteroatoms. The number of carboxylic acids is 1. The zero-order valence-corrected chi connectivity index (χ0v) is 8.27. The van der Waals surface area contributed by atoms with E-state index in [-0.39, 0.29) is 11.7 Å². The minimum absolute atomic E-state index is 0.209. The van der Waals surface area contributed by atoms with E-state index in [4.69, 9.17) is 9.84 Å². The molecule has 1 heterocycles. The average Bonchev–Trinajstić information content (AvgIpc) is 2.71. The summed E-state index contributed by atoms with van der Waals surface area (Å²) in [7, 11) is 0. The van der Waals surface area contributed by atoms with Crippen LogP contribution in [0.3, 0.4) is 0 Å². The van der Waals surface area contributed by atoms with E-state index in [1.165, 1.54) is 0 Å². The van der Waals surface area contributed by atoms with Crippen molar-refractivity contribution >= 4 is 5.97 Å². The molecule has 1 aliphatic rings. The van der Waals surface area contributed by atoms with Crippen molar-refractivity contribution in [1.82, 2.24) is 5.32 Å². The highest BCUT2D eigenvalue weighted by Crippen LogP contribution is 2.16. The van der Waals surface area contributed by atoms with Gasteiger partial charge in [-0.25, -0.2) is 4.79 Å². The lowest BCUT2D eigenvalue weighted by Gasteiger charge is -2.12. The molecule has 15 heavy (non-hydrogen) atoms. The lowest BCUT2D eigenvalue weighted by molar-refractivity contribution is 0.0697. The molecule has 0 saturated carbocycles. The molecule has 0 spiro atoms. The summed E-state index contributed by atoms with van der Waals surface area (Å²) in [5, 5.41) is 11.9. The van der Waals surface area contributed by atoms with Gasteiger partial charge in [-0.2, -0.15) is 0 Å². The fraction of sp³-hybridized carbons (Fsp3) is 0.364. The molecule has 1 aliphatic heterocycles. The van der Waals surface area contributed by atoms with Crippen molar-refractivity contribution in [3.63, 3.8) is 0 Å². The molecule has 1 fully saturated rings. The van der Waals surface area contributed by atoms with Gasteiger partial charge >= 0.3 is 5.97 Å². The summed E-state index contributed by atoms with van der Waals surface area (Å²) in [6.45, 7) is 1.85. The van der Waals surface area contributed by atoms with Crippen molar-refractivity contribution in [2.45, 2.75) is 12.5 Å². The Bertz CT molecular complexity index is 341. The van der Waals surface area contributed by atoms with Crippen LogP contribution in [0.2, 0.25) is 0 Å². The SMILES string of the molecule is O=C(O)c1ccc(OC2CCNC2)cc1. The lowest BCUT2D eigenvalue weighted by Crippen LogP contribution is -2.19. The van der Waals surface area contributed by atoms with Gasteiger partial charge in [0.2, 0.25) is 0 Å². The summed E-state index contributed by atoms with van der Waals surface area (Å²) in [6, 6.07) is 6.50. The lowest BCUT2D eigenvalue weighted by atomic mass is 10.2. The Labute approximate surface area is 87.9 Å². The summed E-state index contributed by atoms with van der Waals surface area (Å²) in [5.41, 5.74) is 0.284. The van der Waals surface area contributed by atoms with E-state index in [0.29, 0.717) is 0 Å². The van der Waals surface area contributed by atoms with Crippen LogP contribution in [0, 0.1) is 0 Å². The van der Waals surface area contributed by atoms with Gasteiger partial charge in [-0.3, -0.25) is 0 Å². The predicted octanol–water partition coefficient (Wildman–Crippen LogP) is 1.13. The maximum absolute atomic E-state index is 10.6. The maximum atomic E-state index is 10.6. The molecule has 0 amide bonds. The van der Waals surface area contributed by atoms with Gasteiger partial charge in [0, 0.05) is 6.54 Å². The number of benzene rings is 1. The molecular weight excluding hydrogens is 194 g/mol. The molecule has 1 saturated heterocycles. The molecule has 1 aromatic rings. The molecule has 1 unspecified atom stereocenters. The Kier molecular flexibility index (Phi) is 2.87. The maximum Gasteiger partial charge on any atom is 0.335 e. The van der Waals surface area contributed by atoms with E-state index in [1.807, 2.05) is 0 Å². The Morgan fingerprint density at radius 2 is 2.13 bits per heavy atom. The number of nitrogens with one attached hydrogen (secondary N) is 1. The van der Waals surface area contributed by atoms with Gasteiger partial charge in [0.05, 0.1) is 5.56 Å². The second kappa shape index (κ2) is 4.31. The van der Waals surface area contributed by atoms with Crippen molar-refractivity contribution in [2.24, 2.45) is 0 Å². The van der Waals surface area contributed by atoms with Crippen molar-refractivity contribution in [2.75, 3.05) is 13.1 Å². The van der Waals surface area contributed by atoms with E-state index in [9.17, 15) is 4.79 Å². The van der Waals surface area contributed by atoms with E-state index >= 15 is 0 Å². The molecule has 80 valence electrons. The highest BCUT2D eigenvalue weighted by molar-refractivity contribution is 5.87. The minimum atomic E-state index is -0.913. The summed E-state index contributed by atoms with van der Waals surface area (Å²) in [5.74, 6) is -0.183. The van der Waals surface area contributed by atoms with Crippen LogP contribution in [0.25, 0.3) is 0 Å². The second-order valence-electron chi connectivity index (χ2n) is 3.56. The zero-order chi connectivity index (χ0) is 10.7. The summed E-state index contributed by atoms with van der Waals surface area (Å²) in [4.78, 5) is 10.6. The highest BCUT2D eigenvalue weighted by atomic mass is 16.5. The van der Waals surface area contributed by atoms with E-state index in [1.54, 1.807) is 24.3 Å². The average molecular weight is 207 g/mol. The van der Waals surface area contributed by atoms with Crippen LogP contribution in [-0.4, -0.2) is 30.3 Å². The first-order valence-corrected chi connectivity index (χ1v) is 4.96. The fourth-order valence-corrected chi connectivity index (χ4v) is 1.60. The van der Waals surface area contributed by atoms with Crippen molar-refractivity contribution < 1.29 is 14.6 Å². The third-order valence-electron chi connectivity index (χ3n) is 2.42. The summed E-state index contributed by atoms with van der Waals surface area (Å²) < 4.78 is 5.65. The number of aromatic carboxylic acids is 1. The molecule has 1 aromatic carbocycles. The van der Waals surface area contributed by atoms with Gasteiger partial charge in [0.25, 0.3) is 0 Å². The second-order valence-corrected chi connectivity index (χ2v) is 3.56. The molecule has 0 radical (unpaired) electrons. The quantitative estimate of drug-likeness (QED) is 0.780. The molecule has 2 N–H and O–H groups in total. The highest BCUT2D eigenvalue weighted by Gasteiger charge is 2.15. The zero-order valence-electron chi connectivity index (χ0n) is 8.27. The summed E-state index contributed by atoms with van der Waals surface area (Å²) in [6.07, 6.45) is 1.21. The molecule has 0 bridgehead atoms. The molecule has 4 nitrogen and oxygen atoms in total. The molecule has 0 aromatic heterocycles. The van der Waals surface area contributed by atoms with E-state index in [2.05, 4.69) is 5.32 Å². The molecule has 1 atom stereocenters. The standard InChI is InChI=1S/C11H13NO3/c13-11(14)8-1-3-9(4-2-8)15-10-5-6-12-7-10/h1-4,10,12H,5-7H2,(H,13,14). The first-order chi connectivity index (χ1) is 7.25. The topological polar surface area (TPSA) is 58.6 Å². The van der Waals surface area contributed by atoms with Crippen molar-refractivity contribution in [1.29, 1.82) is 0 Å². The molecule has 0 aliphatic carbocycles. The number of carboxylic acid groups (broad SMARTS) is 1. The van der Waals surface area contributed by atoms with Gasteiger partial charge in [0.1, 0.15) is 11.9 Å². The summed E-state index contributed by atoms with van der Waals surface area (Å²) >= 11 is 0. The van der Waals surface area contributed by atoms with Crippen molar-refractivity contribution in [3.8, 4) is 5.75 Å². The van der Waals surface area contributed by atoms with Crippen LogP contribution in [0.4, 0.5) is 0 Å². The first kappa shape index (κ1) is 9.98.